The van der Waals surface area contributed by atoms with Crippen molar-refractivity contribution in [3.63, 3.8) is 0 Å². The average molecular weight is 431 g/mol. The maximum absolute atomic E-state index is 13.3. The summed E-state index contributed by atoms with van der Waals surface area (Å²) in [7, 11) is -3.87. The van der Waals surface area contributed by atoms with Crippen LogP contribution in [0.2, 0.25) is 0 Å². The number of nitrogens with zero attached hydrogens (tertiary/aromatic N) is 1. The lowest BCUT2D eigenvalue weighted by molar-refractivity contribution is 0.0482. The van der Waals surface area contributed by atoms with Gasteiger partial charge in [-0.15, -0.1) is 0 Å². The van der Waals surface area contributed by atoms with E-state index in [-0.39, 0.29) is 4.90 Å². The van der Waals surface area contributed by atoms with Gasteiger partial charge in [-0.2, -0.15) is 0 Å². The first-order valence-corrected chi connectivity index (χ1v) is 11.0. The Morgan fingerprint density at radius 2 is 1.77 bits per heavy atom. The number of aromatic nitrogens is 1. The van der Waals surface area contributed by atoms with Crippen LogP contribution < -0.4 is 5.32 Å². The molecule has 3 aromatic rings. The predicted molar refractivity (Wildman–Crippen MR) is 115 cm³/mol. The summed E-state index contributed by atoms with van der Waals surface area (Å²) in [5.41, 5.74) is 1.19. The molecule has 8 heteroatoms. The number of aryl methyl sites for hydroxylation is 1. The Morgan fingerprint density at radius 3 is 2.37 bits per heavy atom. The van der Waals surface area contributed by atoms with Crippen molar-refractivity contribution in [2.75, 3.05) is 6.61 Å². The summed E-state index contributed by atoms with van der Waals surface area (Å²) in [4.78, 5) is 12.4. The summed E-state index contributed by atoms with van der Waals surface area (Å²) < 4.78 is 33.0. The number of para-hydroxylation sites is 1. The van der Waals surface area contributed by atoms with Crippen molar-refractivity contribution in [1.29, 1.82) is 0 Å². The Morgan fingerprint density at radius 1 is 1.13 bits per heavy atom. The van der Waals surface area contributed by atoms with E-state index in [9.17, 15) is 18.3 Å². The second-order valence-corrected chi connectivity index (χ2v) is 9.91. The van der Waals surface area contributed by atoms with Gasteiger partial charge >= 0.3 is 6.09 Å². The molecule has 7 nitrogen and oxygen atoms in total. The van der Waals surface area contributed by atoms with Crippen molar-refractivity contribution in [2.45, 2.75) is 44.2 Å². The van der Waals surface area contributed by atoms with Crippen molar-refractivity contribution in [1.82, 2.24) is 9.29 Å². The smallest absolute Gasteiger partial charge is 0.408 e. The van der Waals surface area contributed by atoms with Crippen LogP contribution >= 0.6 is 0 Å². The maximum atomic E-state index is 13.3. The highest BCUT2D eigenvalue weighted by atomic mass is 32.2. The van der Waals surface area contributed by atoms with Crippen LogP contribution in [0.3, 0.4) is 0 Å². The second kappa shape index (κ2) is 8.12. The lowest BCUT2D eigenvalue weighted by Gasteiger charge is -2.22. The Hall–Kier alpha value is -2.84. The first-order valence-electron chi connectivity index (χ1n) is 9.55. The van der Waals surface area contributed by atoms with Gasteiger partial charge < -0.3 is 15.2 Å². The highest BCUT2D eigenvalue weighted by molar-refractivity contribution is 7.90. The van der Waals surface area contributed by atoms with Crippen LogP contribution in [-0.2, 0) is 14.8 Å². The number of carbonyl (C=O) groups excluding carboxylic acids is 1. The van der Waals surface area contributed by atoms with Crippen LogP contribution in [0.15, 0.2) is 59.6 Å². The van der Waals surface area contributed by atoms with E-state index in [2.05, 4.69) is 5.32 Å². The highest BCUT2D eigenvalue weighted by Gasteiger charge is 2.26. The molecular formula is C22H26N2O5S. The minimum atomic E-state index is -3.87. The van der Waals surface area contributed by atoms with Crippen LogP contribution in [0, 0.1) is 6.92 Å². The summed E-state index contributed by atoms with van der Waals surface area (Å²) in [6, 6.07) is 12.7. The zero-order valence-electron chi connectivity index (χ0n) is 17.4. The van der Waals surface area contributed by atoms with Gasteiger partial charge in [-0.3, -0.25) is 0 Å². The molecule has 1 aromatic heterocycles. The SMILES string of the molecule is Cc1ccc(S(=O)(=O)n2cc([C@H](CO)NC(=O)OC(C)(C)C)c3ccccc32)cc1. The number of amides is 1. The van der Waals surface area contributed by atoms with Gasteiger partial charge in [-0.1, -0.05) is 35.9 Å². The topological polar surface area (TPSA) is 97.6 Å². The van der Waals surface area contributed by atoms with Crippen LogP contribution in [0.5, 0.6) is 0 Å². The molecule has 0 saturated carbocycles. The van der Waals surface area contributed by atoms with E-state index in [4.69, 9.17) is 4.74 Å². The number of alkyl carbamates (subject to hydrolysis) is 1. The fraction of sp³-hybridized carbons (Fsp3) is 0.318. The van der Waals surface area contributed by atoms with Gasteiger partial charge in [0.15, 0.2) is 0 Å². The molecule has 1 atom stereocenters. The minimum absolute atomic E-state index is 0.154. The number of hydrogen-bond donors (Lipinski definition) is 2. The number of carbonyl (C=O) groups is 1. The lowest BCUT2D eigenvalue weighted by Crippen LogP contribution is -2.36. The molecule has 0 aliphatic heterocycles. The predicted octanol–water partition coefficient (Wildman–Crippen LogP) is 3.74. The number of ether oxygens (including phenoxy) is 1. The lowest BCUT2D eigenvalue weighted by atomic mass is 10.1. The van der Waals surface area contributed by atoms with Crippen LogP contribution in [0.4, 0.5) is 4.79 Å². The summed E-state index contributed by atoms with van der Waals surface area (Å²) in [5.74, 6) is 0. The molecule has 1 amide bonds. The number of fused-ring (bicyclic) bond motifs is 1. The summed E-state index contributed by atoms with van der Waals surface area (Å²) in [6.07, 6.45) is 0.748. The Kier molecular flexibility index (Phi) is 5.92. The summed E-state index contributed by atoms with van der Waals surface area (Å²) in [5, 5.41) is 13.2. The largest absolute Gasteiger partial charge is 0.444 e. The van der Waals surface area contributed by atoms with E-state index in [1.54, 1.807) is 69.3 Å². The average Bonchev–Trinajstić information content (AvgIpc) is 3.05. The molecule has 2 N–H and O–H groups in total. The molecule has 0 radical (unpaired) electrons. The molecule has 0 aliphatic carbocycles. The zero-order chi connectivity index (χ0) is 22.1. The first kappa shape index (κ1) is 21.9. The molecule has 0 unspecified atom stereocenters. The van der Waals surface area contributed by atoms with Crippen molar-refractivity contribution in [3.05, 3.63) is 65.9 Å². The van der Waals surface area contributed by atoms with Crippen LogP contribution in [0.25, 0.3) is 10.9 Å². The number of aliphatic hydroxyl groups is 1. The molecule has 30 heavy (non-hydrogen) atoms. The third-order valence-electron chi connectivity index (χ3n) is 4.54. The first-order chi connectivity index (χ1) is 14.0. The van der Waals surface area contributed by atoms with Gasteiger partial charge in [0.05, 0.1) is 23.1 Å². The third-order valence-corrected chi connectivity index (χ3v) is 6.22. The Bertz CT molecular complexity index is 1160. The third kappa shape index (κ3) is 4.49. The summed E-state index contributed by atoms with van der Waals surface area (Å²) >= 11 is 0. The molecule has 2 aromatic carbocycles. The monoisotopic (exact) mass is 430 g/mol. The van der Waals surface area contributed by atoms with E-state index >= 15 is 0 Å². The normalized spacial score (nSPS) is 13.2. The van der Waals surface area contributed by atoms with Crippen molar-refractivity contribution >= 4 is 27.0 Å². The maximum Gasteiger partial charge on any atom is 0.408 e. The van der Waals surface area contributed by atoms with Gasteiger partial charge in [0.2, 0.25) is 0 Å². The number of nitrogens with one attached hydrogen (secondary N) is 1. The van der Waals surface area contributed by atoms with E-state index < -0.39 is 34.4 Å². The standard InChI is InChI=1S/C22H26N2O5S/c1-15-9-11-16(12-10-15)30(27,28)24-13-18(17-7-5-6-8-20(17)24)19(14-25)23-21(26)29-22(2,3)4/h5-13,19,25H,14H2,1-4H3,(H,23,26)/t19-/m0/s1. The molecular weight excluding hydrogens is 404 g/mol. The molecule has 0 aliphatic rings. The minimum Gasteiger partial charge on any atom is -0.444 e. The number of rotatable bonds is 5. The molecule has 1 heterocycles. The molecule has 160 valence electrons. The Balaban J connectivity index is 2.07. The molecule has 0 saturated heterocycles. The fourth-order valence-electron chi connectivity index (χ4n) is 3.15. The van der Waals surface area contributed by atoms with Crippen molar-refractivity contribution in [3.8, 4) is 0 Å². The highest BCUT2D eigenvalue weighted by Crippen LogP contribution is 2.30. The Labute approximate surface area is 176 Å². The van der Waals surface area contributed by atoms with Crippen molar-refractivity contribution in [2.24, 2.45) is 0 Å². The quantitative estimate of drug-likeness (QED) is 0.643. The second-order valence-electron chi connectivity index (χ2n) is 8.10. The van der Waals surface area contributed by atoms with Gasteiger partial charge in [-0.05, 0) is 45.9 Å². The zero-order valence-corrected chi connectivity index (χ0v) is 18.2. The molecule has 3 rings (SSSR count). The van der Waals surface area contributed by atoms with Crippen molar-refractivity contribution < 1.29 is 23.1 Å². The van der Waals surface area contributed by atoms with E-state index in [1.165, 1.54) is 10.2 Å². The fourth-order valence-corrected chi connectivity index (χ4v) is 4.52. The molecule has 0 fully saturated rings. The van der Waals surface area contributed by atoms with Crippen LogP contribution in [-0.4, -0.2) is 35.8 Å². The molecule has 0 spiro atoms. The number of aliphatic hydroxyl groups excluding tert-OH is 1. The van der Waals surface area contributed by atoms with E-state index in [1.807, 2.05) is 6.92 Å². The molecule has 0 bridgehead atoms. The van der Waals surface area contributed by atoms with Gasteiger partial charge in [0.1, 0.15) is 5.60 Å². The van der Waals surface area contributed by atoms with Gasteiger partial charge in [0, 0.05) is 17.1 Å². The van der Waals surface area contributed by atoms with Gasteiger partial charge in [-0.25, -0.2) is 17.2 Å². The summed E-state index contributed by atoms with van der Waals surface area (Å²) in [6.45, 7) is 6.67. The number of benzene rings is 2. The van der Waals surface area contributed by atoms with Gasteiger partial charge in [0.25, 0.3) is 10.0 Å². The van der Waals surface area contributed by atoms with E-state index in [0.29, 0.717) is 16.5 Å². The number of hydrogen-bond acceptors (Lipinski definition) is 5. The van der Waals surface area contributed by atoms with Crippen LogP contribution in [0.1, 0.15) is 37.9 Å². The van der Waals surface area contributed by atoms with E-state index in [0.717, 1.165) is 5.56 Å².